The van der Waals surface area contributed by atoms with Gasteiger partial charge in [-0.2, -0.15) is 0 Å². The Morgan fingerprint density at radius 2 is 1.78 bits per heavy atom. The van der Waals surface area contributed by atoms with Crippen molar-refractivity contribution in [1.29, 1.82) is 0 Å². The molecular formula is C13H22O5. The molecule has 0 aliphatic carbocycles. The van der Waals surface area contributed by atoms with Crippen LogP contribution < -0.4 is 0 Å². The lowest BCUT2D eigenvalue weighted by atomic mass is 10.0. The summed E-state index contributed by atoms with van der Waals surface area (Å²) in [5.41, 5.74) is -0.848. The third-order valence-corrected chi connectivity index (χ3v) is 2.99. The van der Waals surface area contributed by atoms with Gasteiger partial charge in [-0.25, -0.2) is 19.4 Å². The van der Waals surface area contributed by atoms with Crippen molar-refractivity contribution in [3.05, 3.63) is 0 Å². The smallest absolute Gasteiger partial charge is 0.357 e. The van der Waals surface area contributed by atoms with Crippen LogP contribution in [-0.4, -0.2) is 24.1 Å². The number of hydrogen-bond acceptors (Lipinski definition) is 5. The fraction of sp³-hybridized carbons (Fsp3) is 0.846. The molecule has 1 fully saturated rings. The summed E-state index contributed by atoms with van der Waals surface area (Å²) in [4.78, 5) is 31.9. The van der Waals surface area contributed by atoms with Crippen LogP contribution in [0.4, 0.5) is 0 Å². The van der Waals surface area contributed by atoms with Gasteiger partial charge < -0.3 is 4.74 Å². The first-order valence-corrected chi connectivity index (χ1v) is 6.70. The molecule has 1 rings (SSSR count). The second kappa shape index (κ2) is 7.36. The molecule has 1 aliphatic heterocycles. The predicted molar refractivity (Wildman–Crippen MR) is 64.5 cm³/mol. The number of carbonyl (C=O) groups excluding carboxylic acids is 2. The van der Waals surface area contributed by atoms with Gasteiger partial charge in [0, 0.05) is 0 Å². The summed E-state index contributed by atoms with van der Waals surface area (Å²) in [6.07, 6.45) is 5.52. The first-order chi connectivity index (χ1) is 8.64. The highest BCUT2D eigenvalue weighted by molar-refractivity contribution is 5.82. The number of unbranched alkanes of at least 4 members (excludes halogenated alkanes) is 3. The van der Waals surface area contributed by atoms with Crippen molar-refractivity contribution in [2.75, 3.05) is 6.61 Å². The van der Waals surface area contributed by atoms with Crippen molar-refractivity contribution in [2.45, 2.75) is 64.4 Å². The fourth-order valence-corrected chi connectivity index (χ4v) is 1.63. The summed E-state index contributed by atoms with van der Waals surface area (Å²) in [5.74, 6) is -1.08. The molecule has 5 nitrogen and oxygen atoms in total. The third kappa shape index (κ3) is 4.64. The third-order valence-electron chi connectivity index (χ3n) is 2.99. The van der Waals surface area contributed by atoms with Crippen molar-refractivity contribution >= 4 is 11.9 Å². The second-order valence-corrected chi connectivity index (χ2v) is 4.67. The van der Waals surface area contributed by atoms with Crippen LogP contribution in [0.5, 0.6) is 0 Å². The van der Waals surface area contributed by atoms with Crippen molar-refractivity contribution in [2.24, 2.45) is 0 Å². The molecule has 1 saturated heterocycles. The van der Waals surface area contributed by atoms with E-state index in [1.54, 1.807) is 0 Å². The molecule has 0 aromatic heterocycles. The molecule has 0 saturated carbocycles. The van der Waals surface area contributed by atoms with E-state index in [2.05, 4.69) is 9.78 Å². The molecule has 0 aromatic carbocycles. The lowest BCUT2D eigenvalue weighted by Gasteiger charge is -2.09. The van der Waals surface area contributed by atoms with Gasteiger partial charge in [-0.1, -0.05) is 39.5 Å². The van der Waals surface area contributed by atoms with Gasteiger partial charge in [0.1, 0.15) is 0 Å². The van der Waals surface area contributed by atoms with E-state index in [0.717, 1.165) is 32.1 Å². The van der Waals surface area contributed by atoms with Gasteiger partial charge >= 0.3 is 11.9 Å². The Bertz CT molecular complexity index is 283. The normalized spacial score (nSPS) is 21.4. The highest BCUT2D eigenvalue weighted by Gasteiger charge is 2.54. The van der Waals surface area contributed by atoms with E-state index in [9.17, 15) is 9.59 Å². The minimum atomic E-state index is -0.848. The average molecular weight is 258 g/mol. The van der Waals surface area contributed by atoms with E-state index in [4.69, 9.17) is 4.74 Å². The van der Waals surface area contributed by atoms with Crippen molar-refractivity contribution in [1.82, 2.24) is 0 Å². The number of ether oxygens (including phenoxy) is 1. The van der Waals surface area contributed by atoms with Gasteiger partial charge in [-0.05, 0) is 12.8 Å². The maximum absolute atomic E-state index is 11.6. The number of carbonyl (C=O) groups is 2. The van der Waals surface area contributed by atoms with Crippen LogP contribution in [-0.2, 0) is 24.1 Å². The zero-order valence-electron chi connectivity index (χ0n) is 11.2. The zero-order valence-corrected chi connectivity index (χ0v) is 11.2. The van der Waals surface area contributed by atoms with Gasteiger partial charge in [0.15, 0.2) is 5.60 Å². The fourth-order valence-electron chi connectivity index (χ4n) is 1.63. The van der Waals surface area contributed by atoms with E-state index in [1.807, 2.05) is 13.8 Å². The summed E-state index contributed by atoms with van der Waals surface area (Å²) >= 11 is 0. The van der Waals surface area contributed by atoms with E-state index >= 15 is 0 Å². The predicted octanol–water partition coefficient (Wildman–Crippen LogP) is 2.53. The van der Waals surface area contributed by atoms with Gasteiger partial charge in [0.05, 0.1) is 13.0 Å². The van der Waals surface area contributed by atoms with Gasteiger partial charge in [-0.3, -0.25) is 0 Å². The maximum atomic E-state index is 11.6. The van der Waals surface area contributed by atoms with E-state index < -0.39 is 17.5 Å². The molecule has 1 aliphatic rings. The number of rotatable bonds is 8. The quantitative estimate of drug-likeness (QED) is 0.290. The molecular weight excluding hydrogens is 236 g/mol. The van der Waals surface area contributed by atoms with E-state index in [0.29, 0.717) is 13.0 Å². The Morgan fingerprint density at radius 3 is 2.33 bits per heavy atom. The molecule has 18 heavy (non-hydrogen) atoms. The lowest BCUT2D eigenvalue weighted by Crippen LogP contribution is -2.28. The molecule has 5 heteroatoms. The largest absolute Gasteiger partial charge is 0.389 e. The van der Waals surface area contributed by atoms with E-state index in [-0.39, 0.29) is 6.42 Å². The van der Waals surface area contributed by atoms with Crippen LogP contribution in [0.15, 0.2) is 0 Å². The standard InChI is InChI=1S/C13H22O5/c1-3-5-7-8-11(14)17-18-12(15)13(10-16-13)9-6-4-2/h3-10H2,1-2H3. The van der Waals surface area contributed by atoms with Gasteiger partial charge in [-0.15, -0.1) is 0 Å². The Labute approximate surface area is 108 Å². The monoisotopic (exact) mass is 258 g/mol. The zero-order chi connectivity index (χ0) is 13.4. The van der Waals surface area contributed by atoms with Crippen LogP contribution in [0.2, 0.25) is 0 Å². The maximum Gasteiger partial charge on any atom is 0.389 e. The summed E-state index contributed by atoms with van der Waals surface area (Å²) in [5, 5.41) is 0. The van der Waals surface area contributed by atoms with Gasteiger partial charge in [0.25, 0.3) is 0 Å². The van der Waals surface area contributed by atoms with Crippen LogP contribution in [0.3, 0.4) is 0 Å². The van der Waals surface area contributed by atoms with Crippen LogP contribution in [0.1, 0.15) is 58.8 Å². The molecule has 0 spiro atoms. The van der Waals surface area contributed by atoms with Crippen LogP contribution in [0, 0.1) is 0 Å². The topological polar surface area (TPSA) is 65.1 Å². The summed E-state index contributed by atoms with van der Waals surface area (Å²) in [7, 11) is 0. The van der Waals surface area contributed by atoms with Crippen LogP contribution in [0.25, 0.3) is 0 Å². The molecule has 0 aromatic rings. The average Bonchev–Trinajstić information content (AvgIpc) is 3.15. The molecule has 0 amide bonds. The summed E-state index contributed by atoms with van der Waals surface area (Å²) < 4.78 is 5.12. The van der Waals surface area contributed by atoms with Crippen molar-refractivity contribution in [3.63, 3.8) is 0 Å². The first-order valence-electron chi connectivity index (χ1n) is 6.70. The molecule has 104 valence electrons. The molecule has 0 N–H and O–H groups in total. The Kier molecular flexibility index (Phi) is 6.12. The first kappa shape index (κ1) is 15.0. The second-order valence-electron chi connectivity index (χ2n) is 4.67. The lowest BCUT2D eigenvalue weighted by molar-refractivity contribution is -0.263. The molecule has 1 atom stereocenters. The Morgan fingerprint density at radius 1 is 1.11 bits per heavy atom. The highest BCUT2D eigenvalue weighted by atomic mass is 17.2. The number of hydrogen-bond donors (Lipinski definition) is 0. The molecule has 1 heterocycles. The molecule has 1 unspecified atom stereocenters. The minimum Gasteiger partial charge on any atom is -0.357 e. The Hall–Kier alpha value is -1.10. The van der Waals surface area contributed by atoms with Crippen LogP contribution >= 0.6 is 0 Å². The molecule has 0 radical (unpaired) electrons. The highest BCUT2D eigenvalue weighted by Crippen LogP contribution is 2.34. The van der Waals surface area contributed by atoms with Crippen molar-refractivity contribution < 1.29 is 24.1 Å². The molecule has 0 bridgehead atoms. The minimum absolute atomic E-state index is 0.282. The Balaban J connectivity index is 2.18. The SMILES string of the molecule is CCCCCC(=O)OOC(=O)C1(CCCC)CO1. The number of epoxide rings is 1. The van der Waals surface area contributed by atoms with E-state index in [1.165, 1.54) is 0 Å². The summed E-state index contributed by atoms with van der Waals surface area (Å²) in [6.45, 7) is 4.45. The summed E-state index contributed by atoms with van der Waals surface area (Å²) in [6, 6.07) is 0. The van der Waals surface area contributed by atoms with Crippen molar-refractivity contribution in [3.8, 4) is 0 Å². The van der Waals surface area contributed by atoms with Gasteiger partial charge in [0.2, 0.25) is 0 Å².